The van der Waals surface area contributed by atoms with Crippen LogP contribution in [0.2, 0.25) is 0 Å². The van der Waals surface area contributed by atoms with Crippen molar-refractivity contribution in [3.63, 3.8) is 0 Å². The Bertz CT molecular complexity index is 485. The lowest BCUT2D eigenvalue weighted by Gasteiger charge is -2.22. The van der Waals surface area contributed by atoms with E-state index in [4.69, 9.17) is 10.5 Å². The van der Waals surface area contributed by atoms with Crippen LogP contribution in [-0.2, 0) is 4.79 Å². The number of carbonyl (C=O) groups excluding carboxylic acids is 1. The molecule has 1 aromatic carbocycles. The van der Waals surface area contributed by atoms with Crippen LogP contribution in [0.5, 0.6) is 5.75 Å². The second-order valence-corrected chi connectivity index (χ2v) is 5.81. The summed E-state index contributed by atoms with van der Waals surface area (Å²) in [6.07, 6.45) is 1.81. The third-order valence-electron chi connectivity index (χ3n) is 3.84. The first-order chi connectivity index (χ1) is 9.50. The standard InChI is InChI=1S/C16H24N2O2/c1-10(2)14(17)16(19)18-13-8-5-9-20-15-11(3)6-4-7-12(13)15/h4,6-7,10,13-14H,5,8-9,17H2,1-3H3,(H,18,19). The first kappa shape index (κ1) is 14.9. The van der Waals surface area contributed by atoms with Crippen molar-refractivity contribution in [2.75, 3.05) is 6.61 Å². The average Bonchev–Trinajstić information content (AvgIpc) is 2.61. The minimum atomic E-state index is -0.465. The van der Waals surface area contributed by atoms with Crippen LogP contribution in [0.4, 0.5) is 0 Å². The zero-order valence-electron chi connectivity index (χ0n) is 12.5. The summed E-state index contributed by atoms with van der Waals surface area (Å²) in [6.45, 7) is 6.64. The van der Waals surface area contributed by atoms with Gasteiger partial charge in [0.25, 0.3) is 0 Å². The number of benzene rings is 1. The molecule has 2 unspecified atom stereocenters. The second kappa shape index (κ2) is 6.27. The van der Waals surface area contributed by atoms with Crippen molar-refractivity contribution in [2.45, 2.75) is 45.7 Å². The van der Waals surface area contributed by atoms with Gasteiger partial charge in [0.15, 0.2) is 0 Å². The molecule has 4 nitrogen and oxygen atoms in total. The lowest BCUT2D eigenvalue weighted by Crippen LogP contribution is -2.45. The molecule has 0 bridgehead atoms. The number of para-hydroxylation sites is 1. The molecule has 0 aromatic heterocycles. The number of carbonyl (C=O) groups is 1. The van der Waals surface area contributed by atoms with Gasteiger partial charge in [-0.25, -0.2) is 0 Å². The lowest BCUT2D eigenvalue weighted by molar-refractivity contribution is -0.124. The predicted molar refractivity (Wildman–Crippen MR) is 79.6 cm³/mol. The van der Waals surface area contributed by atoms with Gasteiger partial charge < -0.3 is 15.8 Å². The summed E-state index contributed by atoms with van der Waals surface area (Å²) >= 11 is 0. The Morgan fingerprint density at radius 2 is 2.20 bits per heavy atom. The summed E-state index contributed by atoms with van der Waals surface area (Å²) < 4.78 is 5.82. The molecule has 0 spiro atoms. The minimum absolute atomic E-state index is 0.00954. The molecule has 0 aliphatic carbocycles. The predicted octanol–water partition coefficient (Wildman–Crippen LogP) is 2.31. The number of nitrogens with two attached hydrogens (primary N) is 1. The van der Waals surface area contributed by atoms with Gasteiger partial charge in [0.2, 0.25) is 5.91 Å². The van der Waals surface area contributed by atoms with E-state index in [9.17, 15) is 4.79 Å². The molecule has 2 atom stereocenters. The van der Waals surface area contributed by atoms with E-state index in [2.05, 4.69) is 5.32 Å². The van der Waals surface area contributed by atoms with E-state index >= 15 is 0 Å². The van der Waals surface area contributed by atoms with Crippen molar-refractivity contribution in [2.24, 2.45) is 11.7 Å². The van der Waals surface area contributed by atoms with Crippen molar-refractivity contribution in [3.8, 4) is 5.75 Å². The molecule has 4 heteroatoms. The van der Waals surface area contributed by atoms with E-state index in [-0.39, 0.29) is 17.9 Å². The molecule has 0 saturated heterocycles. The highest BCUT2D eigenvalue weighted by atomic mass is 16.5. The summed E-state index contributed by atoms with van der Waals surface area (Å²) in [5, 5.41) is 3.08. The molecule has 1 amide bonds. The Morgan fingerprint density at radius 1 is 1.45 bits per heavy atom. The smallest absolute Gasteiger partial charge is 0.237 e. The fraction of sp³-hybridized carbons (Fsp3) is 0.562. The van der Waals surface area contributed by atoms with E-state index in [1.54, 1.807) is 0 Å². The fourth-order valence-electron chi connectivity index (χ4n) is 2.48. The van der Waals surface area contributed by atoms with Gasteiger partial charge in [0.05, 0.1) is 18.7 Å². The van der Waals surface area contributed by atoms with Crippen molar-refractivity contribution < 1.29 is 9.53 Å². The quantitative estimate of drug-likeness (QED) is 0.890. The van der Waals surface area contributed by atoms with Crippen molar-refractivity contribution in [1.29, 1.82) is 0 Å². The van der Waals surface area contributed by atoms with Gasteiger partial charge in [0, 0.05) is 5.56 Å². The maximum Gasteiger partial charge on any atom is 0.237 e. The molecule has 1 aliphatic rings. The molecule has 1 aromatic rings. The van der Waals surface area contributed by atoms with Gasteiger partial charge in [-0.1, -0.05) is 32.0 Å². The van der Waals surface area contributed by atoms with E-state index in [0.29, 0.717) is 6.61 Å². The summed E-state index contributed by atoms with van der Waals surface area (Å²) in [4.78, 5) is 12.2. The van der Waals surface area contributed by atoms with Crippen molar-refractivity contribution in [1.82, 2.24) is 5.32 Å². The molecule has 1 heterocycles. The Balaban J connectivity index is 2.21. The summed E-state index contributed by atoms with van der Waals surface area (Å²) in [6, 6.07) is 5.59. The monoisotopic (exact) mass is 276 g/mol. The molecule has 0 saturated carbocycles. The summed E-state index contributed by atoms with van der Waals surface area (Å²) in [5.74, 6) is 0.960. The van der Waals surface area contributed by atoms with Gasteiger partial charge in [-0.05, 0) is 31.2 Å². The Labute approximate surface area is 120 Å². The van der Waals surface area contributed by atoms with Gasteiger partial charge in [-0.2, -0.15) is 0 Å². The van der Waals surface area contributed by atoms with Crippen LogP contribution in [0.3, 0.4) is 0 Å². The first-order valence-corrected chi connectivity index (χ1v) is 7.29. The zero-order valence-corrected chi connectivity index (χ0v) is 12.5. The number of hydrogen-bond acceptors (Lipinski definition) is 3. The topological polar surface area (TPSA) is 64.3 Å². The molecule has 0 radical (unpaired) electrons. The van der Waals surface area contributed by atoms with Crippen LogP contribution in [0.1, 0.15) is 43.9 Å². The number of hydrogen-bond donors (Lipinski definition) is 2. The van der Waals surface area contributed by atoms with Crippen molar-refractivity contribution >= 4 is 5.91 Å². The fourth-order valence-corrected chi connectivity index (χ4v) is 2.48. The molecule has 110 valence electrons. The highest BCUT2D eigenvalue weighted by molar-refractivity contribution is 5.82. The Kier molecular flexibility index (Phi) is 4.65. The summed E-state index contributed by atoms with van der Waals surface area (Å²) in [7, 11) is 0. The van der Waals surface area contributed by atoms with E-state index in [1.807, 2.05) is 39.0 Å². The molecule has 3 N–H and O–H groups in total. The van der Waals surface area contributed by atoms with E-state index < -0.39 is 6.04 Å². The van der Waals surface area contributed by atoms with E-state index in [1.165, 1.54) is 0 Å². The van der Waals surface area contributed by atoms with Gasteiger partial charge in [0.1, 0.15) is 5.75 Å². The van der Waals surface area contributed by atoms with Crippen molar-refractivity contribution in [3.05, 3.63) is 29.3 Å². The van der Waals surface area contributed by atoms with Crippen LogP contribution in [0.25, 0.3) is 0 Å². The number of rotatable bonds is 3. The average molecular weight is 276 g/mol. The third kappa shape index (κ3) is 3.12. The highest BCUT2D eigenvalue weighted by Crippen LogP contribution is 2.34. The number of aryl methyl sites for hydroxylation is 1. The minimum Gasteiger partial charge on any atom is -0.493 e. The maximum atomic E-state index is 12.2. The van der Waals surface area contributed by atoms with Crippen LogP contribution < -0.4 is 15.8 Å². The number of amides is 1. The van der Waals surface area contributed by atoms with Gasteiger partial charge in [-0.3, -0.25) is 4.79 Å². The molecule has 20 heavy (non-hydrogen) atoms. The maximum absolute atomic E-state index is 12.2. The highest BCUT2D eigenvalue weighted by Gasteiger charge is 2.25. The zero-order chi connectivity index (χ0) is 14.7. The van der Waals surface area contributed by atoms with Gasteiger partial charge >= 0.3 is 0 Å². The first-order valence-electron chi connectivity index (χ1n) is 7.29. The third-order valence-corrected chi connectivity index (χ3v) is 3.84. The van der Waals surface area contributed by atoms with Crippen LogP contribution in [0.15, 0.2) is 18.2 Å². The van der Waals surface area contributed by atoms with E-state index in [0.717, 1.165) is 29.7 Å². The van der Waals surface area contributed by atoms with Crippen LogP contribution in [-0.4, -0.2) is 18.6 Å². The summed E-state index contributed by atoms with van der Waals surface area (Å²) in [5.41, 5.74) is 8.09. The molecular weight excluding hydrogens is 252 g/mol. The molecule has 0 fully saturated rings. The van der Waals surface area contributed by atoms with Gasteiger partial charge in [-0.15, -0.1) is 0 Å². The Morgan fingerprint density at radius 3 is 2.90 bits per heavy atom. The normalized spacial score (nSPS) is 19.8. The lowest BCUT2D eigenvalue weighted by atomic mass is 9.98. The van der Waals surface area contributed by atoms with Crippen LogP contribution in [0, 0.1) is 12.8 Å². The number of ether oxygens (including phenoxy) is 1. The molecular formula is C16H24N2O2. The Hall–Kier alpha value is -1.55. The SMILES string of the molecule is Cc1cccc2c1OCCCC2NC(=O)C(N)C(C)C. The molecule has 1 aliphatic heterocycles. The number of nitrogens with one attached hydrogen (secondary N) is 1. The van der Waals surface area contributed by atoms with Crippen LogP contribution >= 0.6 is 0 Å². The second-order valence-electron chi connectivity index (χ2n) is 5.81. The number of fused-ring (bicyclic) bond motifs is 1. The largest absolute Gasteiger partial charge is 0.493 e. The molecule has 2 rings (SSSR count).